The molecule has 0 atom stereocenters. The highest BCUT2D eigenvalue weighted by atomic mass is 16.5. The molecule has 1 aromatic heterocycles. The molecular weight excluding hydrogens is 234 g/mol. The second-order valence-corrected chi connectivity index (χ2v) is 3.81. The first-order valence-corrected chi connectivity index (χ1v) is 5.38. The van der Waals surface area contributed by atoms with Crippen LogP contribution in [0.15, 0.2) is 35.4 Å². The number of carbonyl (C=O) groups is 1. The summed E-state index contributed by atoms with van der Waals surface area (Å²) in [5.74, 6) is 0.278. The maximum atomic E-state index is 12.1. The Bertz CT molecular complexity index is 627. The van der Waals surface area contributed by atoms with Gasteiger partial charge in [-0.2, -0.15) is 5.10 Å². The largest absolute Gasteiger partial charge is 0.496 e. The van der Waals surface area contributed by atoms with Crippen molar-refractivity contribution in [1.29, 1.82) is 0 Å². The van der Waals surface area contributed by atoms with Crippen molar-refractivity contribution in [3.63, 3.8) is 0 Å². The molecule has 2 rings (SSSR count). The average Bonchev–Trinajstić information content (AvgIpc) is 2.70. The van der Waals surface area contributed by atoms with E-state index in [1.807, 2.05) is 0 Å². The first-order chi connectivity index (χ1) is 8.63. The summed E-state index contributed by atoms with van der Waals surface area (Å²) >= 11 is 0. The lowest BCUT2D eigenvalue weighted by atomic mass is 10.1. The number of aromatic nitrogens is 3. The number of hydrogen-bond acceptors (Lipinski definition) is 4. The molecule has 1 heterocycles. The van der Waals surface area contributed by atoms with Crippen molar-refractivity contribution in [1.82, 2.24) is 14.3 Å². The lowest BCUT2D eigenvalue weighted by molar-refractivity contribution is 0.0963. The Hall–Kier alpha value is -2.37. The van der Waals surface area contributed by atoms with Gasteiger partial charge in [0.1, 0.15) is 18.6 Å². The Balaban J connectivity index is 2.27. The van der Waals surface area contributed by atoms with Crippen LogP contribution in [-0.4, -0.2) is 27.2 Å². The Labute approximate surface area is 103 Å². The number of carbonyl (C=O) groups excluding carboxylic acids is 1. The van der Waals surface area contributed by atoms with E-state index in [0.29, 0.717) is 11.3 Å². The second-order valence-electron chi connectivity index (χ2n) is 3.81. The van der Waals surface area contributed by atoms with E-state index < -0.39 is 0 Å². The number of ether oxygens (including phenoxy) is 1. The van der Waals surface area contributed by atoms with E-state index >= 15 is 0 Å². The van der Waals surface area contributed by atoms with Gasteiger partial charge < -0.3 is 4.74 Å². The summed E-state index contributed by atoms with van der Waals surface area (Å²) in [6, 6.07) is 6.89. The van der Waals surface area contributed by atoms with Gasteiger partial charge in [0.05, 0.1) is 12.7 Å². The first kappa shape index (κ1) is 12.1. The molecule has 0 N–H and O–H groups in total. The molecule has 94 valence electrons. The van der Waals surface area contributed by atoms with E-state index in [2.05, 4.69) is 5.10 Å². The van der Waals surface area contributed by atoms with E-state index in [0.717, 1.165) is 4.68 Å². The molecule has 0 unspecified atom stereocenters. The van der Waals surface area contributed by atoms with Crippen LogP contribution in [0.1, 0.15) is 10.4 Å². The van der Waals surface area contributed by atoms with Crippen LogP contribution in [0.3, 0.4) is 0 Å². The van der Waals surface area contributed by atoms with Gasteiger partial charge in [-0.15, -0.1) is 0 Å². The van der Waals surface area contributed by atoms with Crippen molar-refractivity contribution in [2.75, 3.05) is 7.11 Å². The number of ketones is 1. The molecule has 0 aliphatic rings. The monoisotopic (exact) mass is 247 g/mol. The summed E-state index contributed by atoms with van der Waals surface area (Å²) in [4.78, 5) is 23.6. The molecular formula is C12H13N3O3. The molecule has 0 bridgehead atoms. The minimum absolute atomic E-state index is 0.0972. The van der Waals surface area contributed by atoms with Crippen LogP contribution in [-0.2, 0) is 13.6 Å². The van der Waals surface area contributed by atoms with Gasteiger partial charge in [0.25, 0.3) is 0 Å². The van der Waals surface area contributed by atoms with E-state index in [9.17, 15) is 9.59 Å². The summed E-state index contributed by atoms with van der Waals surface area (Å²) < 4.78 is 7.54. The minimum atomic E-state index is -0.321. The molecule has 0 spiro atoms. The maximum absolute atomic E-state index is 12.1. The van der Waals surface area contributed by atoms with Gasteiger partial charge in [0.2, 0.25) is 0 Å². The number of nitrogens with zero attached hydrogens (tertiary/aromatic N) is 3. The van der Waals surface area contributed by atoms with Crippen LogP contribution in [0.25, 0.3) is 0 Å². The Morgan fingerprint density at radius 3 is 2.72 bits per heavy atom. The van der Waals surface area contributed by atoms with Gasteiger partial charge >= 0.3 is 5.69 Å². The molecule has 0 fully saturated rings. The third kappa shape index (κ3) is 2.17. The standard InChI is InChI=1S/C12H13N3O3/c1-14-8-13-15(12(14)17)7-10(16)9-5-3-4-6-11(9)18-2/h3-6,8H,7H2,1-2H3. The molecule has 6 nitrogen and oxygen atoms in total. The molecule has 0 radical (unpaired) electrons. The highest BCUT2D eigenvalue weighted by Gasteiger charge is 2.14. The molecule has 0 amide bonds. The van der Waals surface area contributed by atoms with Crippen LogP contribution in [0.5, 0.6) is 5.75 Å². The van der Waals surface area contributed by atoms with Gasteiger partial charge in [-0.3, -0.25) is 9.36 Å². The normalized spacial score (nSPS) is 10.3. The molecule has 2 aromatic rings. The predicted molar refractivity (Wildman–Crippen MR) is 64.8 cm³/mol. The van der Waals surface area contributed by atoms with Crippen molar-refractivity contribution >= 4 is 5.78 Å². The van der Waals surface area contributed by atoms with Crippen molar-refractivity contribution in [3.05, 3.63) is 46.6 Å². The second kappa shape index (κ2) is 4.87. The molecule has 1 aromatic carbocycles. The SMILES string of the molecule is COc1ccccc1C(=O)Cn1ncn(C)c1=O. The molecule has 0 saturated heterocycles. The molecule has 0 aliphatic heterocycles. The Morgan fingerprint density at radius 1 is 1.39 bits per heavy atom. The van der Waals surface area contributed by atoms with E-state index in [-0.39, 0.29) is 18.0 Å². The lowest BCUT2D eigenvalue weighted by Gasteiger charge is -2.06. The van der Waals surface area contributed by atoms with Crippen molar-refractivity contribution in [2.24, 2.45) is 7.05 Å². The molecule has 0 aliphatic carbocycles. The fourth-order valence-corrected chi connectivity index (χ4v) is 1.63. The molecule has 6 heteroatoms. The summed E-state index contributed by atoms with van der Waals surface area (Å²) in [5.41, 5.74) is 0.121. The van der Waals surface area contributed by atoms with Crippen LogP contribution >= 0.6 is 0 Å². The smallest absolute Gasteiger partial charge is 0.345 e. The Morgan fingerprint density at radius 2 is 2.11 bits per heavy atom. The third-order valence-corrected chi connectivity index (χ3v) is 2.59. The number of aryl methyl sites for hydroxylation is 1. The van der Waals surface area contributed by atoms with E-state index in [1.54, 1.807) is 31.3 Å². The van der Waals surface area contributed by atoms with Gasteiger partial charge in [-0.05, 0) is 12.1 Å². The average molecular weight is 247 g/mol. The summed E-state index contributed by atoms with van der Waals surface area (Å²) in [7, 11) is 3.08. The molecule has 18 heavy (non-hydrogen) atoms. The highest BCUT2D eigenvalue weighted by molar-refractivity contribution is 5.98. The van der Waals surface area contributed by atoms with Crippen molar-refractivity contribution < 1.29 is 9.53 Å². The van der Waals surface area contributed by atoms with Crippen molar-refractivity contribution in [3.8, 4) is 5.75 Å². The highest BCUT2D eigenvalue weighted by Crippen LogP contribution is 2.17. The van der Waals surface area contributed by atoms with Crippen LogP contribution in [0.4, 0.5) is 0 Å². The number of hydrogen-bond donors (Lipinski definition) is 0. The summed E-state index contributed by atoms with van der Waals surface area (Å²) in [6.07, 6.45) is 1.37. The number of methoxy groups -OCH3 is 1. The van der Waals surface area contributed by atoms with Crippen LogP contribution in [0.2, 0.25) is 0 Å². The predicted octanol–water partition coefficient (Wildman–Crippen LogP) is 0.473. The number of para-hydroxylation sites is 1. The zero-order chi connectivity index (χ0) is 13.1. The first-order valence-electron chi connectivity index (χ1n) is 5.38. The van der Waals surface area contributed by atoms with Gasteiger partial charge in [0, 0.05) is 7.05 Å². The zero-order valence-electron chi connectivity index (χ0n) is 10.2. The minimum Gasteiger partial charge on any atom is -0.496 e. The van der Waals surface area contributed by atoms with Crippen molar-refractivity contribution in [2.45, 2.75) is 6.54 Å². The third-order valence-electron chi connectivity index (χ3n) is 2.59. The summed E-state index contributed by atoms with van der Waals surface area (Å²) in [5, 5.41) is 3.84. The maximum Gasteiger partial charge on any atom is 0.345 e. The lowest BCUT2D eigenvalue weighted by Crippen LogP contribution is -2.26. The fraction of sp³-hybridized carbons (Fsp3) is 0.250. The number of benzene rings is 1. The zero-order valence-corrected chi connectivity index (χ0v) is 10.2. The van der Waals surface area contributed by atoms with Crippen LogP contribution < -0.4 is 10.4 Å². The number of rotatable bonds is 4. The van der Waals surface area contributed by atoms with Gasteiger partial charge in [-0.25, -0.2) is 9.48 Å². The van der Waals surface area contributed by atoms with Crippen LogP contribution in [0, 0.1) is 0 Å². The quantitative estimate of drug-likeness (QED) is 0.737. The molecule has 0 saturated carbocycles. The topological polar surface area (TPSA) is 66.1 Å². The van der Waals surface area contributed by atoms with E-state index in [1.165, 1.54) is 18.0 Å². The fourth-order valence-electron chi connectivity index (χ4n) is 1.63. The van der Waals surface area contributed by atoms with Gasteiger partial charge in [-0.1, -0.05) is 12.1 Å². The van der Waals surface area contributed by atoms with Gasteiger partial charge in [0.15, 0.2) is 5.78 Å². The van der Waals surface area contributed by atoms with E-state index in [4.69, 9.17) is 4.74 Å². The number of Topliss-reactive ketones (excluding diaryl/α,β-unsaturated/α-hetero) is 1. The summed E-state index contributed by atoms with van der Waals surface area (Å²) in [6.45, 7) is -0.0972. The Kier molecular flexibility index (Phi) is 3.27.